The van der Waals surface area contributed by atoms with Gasteiger partial charge < -0.3 is 4.74 Å². The Bertz CT molecular complexity index is 760. The smallest absolute Gasteiger partial charge is 0.266 e. The molecule has 2 aromatic carbocycles. The quantitative estimate of drug-likeness (QED) is 0.897. The molecular weight excluding hydrogens is 346 g/mol. The summed E-state index contributed by atoms with van der Waals surface area (Å²) in [5, 5.41) is 0.469. The Hall–Kier alpha value is -1.96. The Morgan fingerprint density at radius 2 is 1.96 bits per heavy atom. The van der Waals surface area contributed by atoms with Gasteiger partial charge in [-0.3, -0.25) is 9.80 Å². The van der Waals surface area contributed by atoms with Crippen LogP contribution in [0.3, 0.4) is 0 Å². The van der Waals surface area contributed by atoms with Crippen LogP contribution in [0, 0.1) is 11.6 Å². The molecule has 1 fully saturated rings. The van der Waals surface area contributed by atoms with Gasteiger partial charge in [0.05, 0.1) is 0 Å². The lowest BCUT2D eigenvalue weighted by atomic mass is 10.2. The van der Waals surface area contributed by atoms with Crippen molar-refractivity contribution in [2.24, 2.45) is 0 Å². The van der Waals surface area contributed by atoms with Crippen molar-refractivity contribution in [3.8, 4) is 0 Å². The minimum absolute atomic E-state index is 0.173. The molecule has 1 heterocycles. The molecule has 7 heteroatoms. The summed E-state index contributed by atoms with van der Waals surface area (Å²) in [6, 6.07) is 12.7. The van der Waals surface area contributed by atoms with Gasteiger partial charge in [-0.15, -0.1) is 11.8 Å². The molecule has 0 saturated carbocycles. The van der Waals surface area contributed by atoms with Crippen LogP contribution in [0.25, 0.3) is 0 Å². The predicted octanol–water partition coefficient (Wildman–Crippen LogP) is 3.78. The van der Waals surface area contributed by atoms with E-state index in [0.717, 1.165) is 23.8 Å². The molecule has 3 atom stereocenters. The van der Waals surface area contributed by atoms with Crippen molar-refractivity contribution < 1.29 is 18.3 Å². The van der Waals surface area contributed by atoms with Gasteiger partial charge in [-0.25, -0.2) is 14.2 Å². The van der Waals surface area contributed by atoms with Gasteiger partial charge in [-0.2, -0.15) is 0 Å². The number of hydrogen-bond acceptors (Lipinski definition) is 4. The number of rotatable bonds is 4. The first-order valence-electron chi connectivity index (χ1n) is 7.78. The van der Waals surface area contributed by atoms with Crippen molar-refractivity contribution in [2.45, 2.75) is 23.8 Å². The Kier molecular flexibility index (Phi) is 5.36. The third-order valence-electron chi connectivity index (χ3n) is 4.02. The number of hydrogen-bond donors (Lipinski definition) is 1. The molecule has 4 nitrogen and oxygen atoms in total. The molecule has 1 saturated heterocycles. The van der Waals surface area contributed by atoms with E-state index >= 15 is 0 Å². The first-order chi connectivity index (χ1) is 12.0. The SMILES string of the molecule is COC(C)C(=O)N1NC(c2cc(F)ccc2F)SC1c1ccccc1. The van der Waals surface area contributed by atoms with Gasteiger partial charge in [-0.1, -0.05) is 30.3 Å². The van der Waals surface area contributed by atoms with E-state index in [4.69, 9.17) is 4.74 Å². The molecule has 1 amide bonds. The van der Waals surface area contributed by atoms with Crippen molar-refractivity contribution in [1.82, 2.24) is 10.4 Å². The highest BCUT2D eigenvalue weighted by molar-refractivity contribution is 7.99. The molecule has 1 aliphatic heterocycles. The lowest BCUT2D eigenvalue weighted by Gasteiger charge is -2.25. The molecule has 1 N–H and O–H groups in total. The minimum Gasteiger partial charge on any atom is -0.372 e. The number of hydrazine groups is 1. The number of nitrogens with one attached hydrogen (secondary N) is 1. The second kappa shape index (κ2) is 7.51. The largest absolute Gasteiger partial charge is 0.372 e. The van der Waals surface area contributed by atoms with Gasteiger partial charge in [0.25, 0.3) is 5.91 Å². The number of benzene rings is 2. The molecule has 0 radical (unpaired) electrons. The molecule has 2 aromatic rings. The van der Waals surface area contributed by atoms with Crippen molar-refractivity contribution in [2.75, 3.05) is 7.11 Å². The summed E-state index contributed by atoms with van der Waals surface area (Å²) in [6.45, 7) is 1.65. The zero-order valence-corrected chi connectivity index (χ0v) is 14.6. The van der Waals surface area contributed by atoms with E-state index in [0.29, 0.717) is 0 Å². The van der Waals surface area contributed by atoms with Gasteiger partial charge in [-0.05, 0) is 30.7 Å². The van der Waals surface area contributed by atoms with E-state index in [1.54, 1.807) is 6.92 Å². The van der Waals surface area contributed by atoms with Crippen LogP contribution in [0.5, 0.6) is 0 Å². The van der Waals surface area contributed by atoms with Crippen LogP contribution in [0.15, 0.2) is 48.5 Å². The Morgan fingerprint density at radius 3 is 2.64 bits per heavy atom. The van der Waals surface area contributed by atoms with Crippen LogP contribution in [-0.4, -0.2) is 24.1 Å². The number of carbonyl (C=O) groups is 1. The maximum Gasteiger partial charge on any atom is 0.266 e. The lowest BCUT2D eigenvalue weighted by molar-refractivity contribution is -0.144. The van der Waals surface area contributed by atoms with E-state index in [9.17, 15) is 13.6 Å². The molecule has 3 rings (SSSR count). The summed E-state index contributed by atoms with van der Waals surface area (Å²) in [5.74, 6) is -1.32. The summed E-state index contributed by atoms with van der Waals surface area (Å²) in [4.78, 5) is 12.6. The van der Waals surface area contributed by atoms with Gasteiger partial charge in [0.2, 0.25) is 0 Å². The Balaban J connectivity index is 1.95. The highest BCUT2D eigenvalue weighted by Crippen LogP contribution is 2.47. The van der Waals surface area contributed by atoms with Crippen LogP contribution < -0.4 is 5.43 Å². The van der Waals surface area contributed by atoms with Gasteiger partial charge in [0.15, 0.2) is 0 Å². The first-order valence-corrected chi connectivity index (χ1v) is 8.73. The number of nitrogens with zero attached hydrogens (tertiary/aromatic N) is 1. The summed E-state index contributed by atoms with van der Waals surface area (Å²) in [7, 11) is 1.45. The fraction of sp³-hybridized carbons (Fsp3) is 0.278. The first kappa shape index (κ1) is 17.8. The summed E-state index contributed by atoms with van der Waals surface area (Å²) in [6.07, 6.45) is -0.657. The van der Waals surface area contributed by atoms with Gasteiger partial charge in [0.1, 0.15) is 28.5 Å². The molecule has 25 heavy (non-hydrogen) atoms. The number of thioether (sulfide) groups is 1. The third kappa shape index (κ3) is 3.68. The fourth-order valence-corrected chi connectivity index (χ4v) is 3.95. The van der Waals surface area contributed by atoms with Crippen molar-refractivity contribution in [3.05, 3.63) is 71.3 Å². The minimum atomic E-state index is -0.657. The summed E-state index contributed by atoms with van der Waals surface area (Å²) >= 11 is 1.34. The van der Waals surface area contributed by atoms with Gasteiger partial charge >= 0.3 is 0 Å². The third-order valence-corrected chi connectivity index (χ3v) is 5.39. The summed E-state index contributed by atoms with van der Waals surface area (Å²) < 4.78 is 32.8. The highest BCUT2D eigenvalue weighted by atomic mass is 32.2. The number of ether oxygens (including phenoxy) is 1. The number of halogens is 2. The maximum absolute atomic E-state index is 14.2. The standard InChI is InChI=1S/C18H18F2N2O2S/c1-11(24-2)17(23)22-18(12-6-4-3-5-7-12)25-16(21-22)14-10-13(19)8-9-15(14)20/h3-11,16,18,21H,1-2H3. The van der Waals surface area contributed by atoms with Gasteiger partial charge in [0, 0.05) is 12.7 Å². The average Bonchev–Trinajstić information content (AvgIpc) is 3.08. The Morgan fingerprint density at radius 1 is 1.24 bits per heavy atom. The maximum atomic E-state index is 14.2. The van der Waals surface area contributed by atoms with E-state index in [2.05, 4.69) is 5.43 Å². The van der Waals surface area contributed by atoms with E-state index in [-0.39, 0.29) is 16.8 Å². The number of amides is 1. The highest BCUT2D eigenvalue weighted by Gasteiger charge is 2.40. The van der Waals surface area contributed by atoms with Crippen molar-refractivity contribution >= 4 is 17.7 Å². The fourth-order valence-electron chi connectivity index (χ4n) is 2.59. The second-order valence-corrected chi connectivity index (χ2v) is 6.85. The molecule has 3 unspecified atom stereocenters. The number of carbonyl (C=O) groups excluding carboxylic acids is 1. The van der Waals surface area contributed by atoms with Crippen LogP contribution in [0.4, 0.5) is 8.78 Å². The number of methoxy groups -OCH3 is 1. The van der Waals surface area contributed by atoms with Crippen LogP contribution in [0.2, 0.25) is 0 Å². The average molecular weight is 364 g/mol. The van der Waals surface area contributed by atoms with Crippen molar-refractivity contribution in [1.29, 1.82) is 0 Å². The Labute approximate surface area is 149 Å². The predicted molar refractivity (Wildman–Crippen MR) is 92.3 cm³/mol. The monoisotopic (exact) mass is 364 g/mol. The summed E-state index contributed by atoms with van der Waals surface area (Å²) in [5.41, 5.74) is 4.06. The molecule has 0 aliphatic carbocycles. The molecule has 0 aromatic heterocycles. The molecular formula is C18H18F2N2O2S. The molecule has 1 aliphatic rings. The van der Waals surface area contributed by atoms with Crippen molar-refractivity contribution in [3.63, 3.8) is 0 Å². The zero-order chi connectivity index (χ0) is 18.0. The van der Waals surface area contributed by atoms with Crippen LogP contribution in [-0.2, 0) is 9.53 Å². The zero-order valence-electron chi connectivity index (χ0n) is 13.8. The van der Waals surface area contributed by atoms with E-state index < -0.39 is 23.1 Å². The second-order valence-electron chi connectivity index (χ2n) is 5.66. The van der Waals surface area contributed by atoms with E-state index in [1.165, 1.54) is 23.9 Å². The van der Waals surface area contributed by atoms with E-state index in [1.807, 2.05) is 30.3 Å². The normalized spacial score (nSPS) is 21.4. The topological polar surface area (TPSA) is 41.6 Å². The lowest BCUT2D eigenvalue weighted by Crippen LogP contribution is -2.44. The van der Waals surface area contributed by atoms with Crippen LogP contribution in [0.1, 0.15) is 28.8 Å². The molecule has 132 valence electrons. The molecule has 0 spiro atoms. The molecule has 0 bridgehead atoms. The van der Waals surface area contributed by atoms with Crippen LogP contribution >= 0.6 is 11.8 Å².